The van der Waals surface area contributed by atoms with Crippen molar-refractivity contribution in [1.82, 2.24) is 5.32 Å². The zero-order valence-electron chi connectivity index (χ0n) is 11.6. The zero-order chi connectivity index (χ0) is 13.4. The van der Waals surface area contributed by atoms with Crippen LogP contribution in [0.3, 0.4) is 0 Å². The molecule has 0 unspecified atom stereocenters. The molecule has 4 heteroatoms. The number of hydrogen-bond acceptors (Lipinski definition) is 3. The molecule has 1 rings (SSSR count). The molecule has 1 N–H and O–H groups in total. The predicted octanol–water partition coefficient (Wildman–Crippen LogP) is 3.99. The molecule has 0 aliphatic carbocycles. The number of aryl methyl sites for hydroxylation is 1. The summed E-state index contributed by atoms with van der Waals surface area (Å²) in [6, 6.07) is 4.13. The molecule has 0 aromatic carbocycles. The van der Waals surface area contributed by atoms with Gasteiger partial charge >= 0.3 is 0 Å². The molecule has 0 amide bonds. The van der Waals surface area contributed by atoms with Crippen LogP contribution in [0.5, 0.6) is 0 Å². The predicted molar refractivity (Wildman–Crippen MR) is 80.8 cm³/mol. The van der Waals surface area contributed by atoms with E-state index < -0.39 is 0 Å². The number of ether oxygens (including phenoxy) is 1. The van der Waals surface area contributed by atoms with Gasteiger partial charge in [0.2, 0.25) is 0 Å². The Balaban J connectivity index is 2.18. The Hall–Kier alpha value is -0.0900. The average molecular weight is 290 g/mol. The standard InChI is InChI=1S/C14H24ClNOS/c1-14(2,8-9-16-10-11-17-3)7-6-12-4-5-13(15)18-12/h4-5,16H,6-11H2,1-3H3. The van der Waals surface area contributed by atoms with Crippen molar-refractivity contribution in [3.63, 3.8) is 0 Å². The van der Waals surface area contributed by atoms with E-state index in [0.717, 1.165) is 30.5 Å². The molecular weight excluding hydrogens is 266 g/mol. The highest BCUT2D eigenvalue weighted by Crippen LogP contribution is 2.29. The van der Waals surface area contributed by atoms with Crippen molar-refractivity contribution in [2.24, 2.45) is 5.41 Å². The summed E-state index contributed by atoms with van der Waals surface area (Å²) in [5, 5.41) is 3.40. The van der Waals surface area contributed by atoms with Gasteiger partial charge in [-0.3, -0.25) is 0 Å². The number of nitrogens with one attached hydrogen (secondary N) is 1. The molecule has 18 heavy (non-hydrogen) atoms. The lowest BCUT2D eigenvalue weighted by Gasteiger charge is -2.24. The van der Waals surface area contributed by atoms with Crippen LogP contribution in [0, 0.1) is 5.41 Å². The third-order valence-corrected chi connectivity index (χ3v) is 4.43. The lowest BCUT2D eigenvalue weighted by Crippen LogP contribution is -2.25. The molecule has 0 atom stereocenters. The summed E-state index contributed by atoms with van der Waals surface area (Å²) in [5.41, 5.74) is 0.372. The fourth-order valence-corrected chi connectivity index (χ4v) is 2.89. The van der Waals surface area contributed by atoms with E-state index in [0.29, 0.717) is 5.41 Å². The van der Waals surface area contributed by atoms with Crippen molar-refractivity contribution in [3.05, 3.63) is 21.3 Å². The maximum atomic E-state index is 5.94. The molecule has 0 radical (unpaired) electrons. The first-order chi connectivity index (χ1) is 8.53. The third kappa shape index (κ3) is 6.74. The first kappa shape index (κ1) is 16.0. The van der Waals surface area contributed by atoms with Crippen LogP contribution in [-0.2, 0) is 11.2 Å². The van der Waals surface area contributed by atoms with Gasteiger partial charge in [-0.15, -0.1) is 11.3 Å². The molecule has 104 valence electrons. The lowest BCUT2D eigenvalue weighted by molar-refractivity contribution is 0.197. The van der Waals surface area contributed by atoms with E-state index >= 15 is 0 Å². The van der Waals surface area contributed by atoms with Crippen molar-refractivity contribution >= 4 is 22.9 Å². The minimum atomic E-state index is 0.372. The number of hydrogen-bond donors (Lipinski definition) is 1. The summed E-state index contributed by atoms with van der Waals surface area (Å²) in [6.45, 7) is 7.45. The van der Waals surface area contributed by atoms with Gasteiger partial charge in [-0.05, 0) is 43.4 Å². The molecule has 1 aromatic heterocycles. The summed E-state index contributed by atoms with van der Waals surface area (Å²) in [5.74, 6) is 0. The number of methoxy groups -OCH3 is 1. The van der Waals surface area contributed by atoms with Gasteiger partial charge in [0.1, 0.15) is 0 Å². The van der Waals surface area contributed by atoms with Crippen LogP contribution in [0.4, 0.5) is 0 Å². The fourth-order valence-electron chi connectivity index (χ4n) is 1.80. The van der Waals surface area contributed by atoms with Gasteiger partial charge in [0, 0.05) is 18.5 Å². The molecule has 0 saturated carbocycles. The van der Waals surface area contributed by atoms with Crippen molar-refractivity contribution in [3.8, 4) is 0 Å². The van der Waals surface area contributed by atoms with Crippen LogP contribution >= 0.6 is 22.9 Å². The van der Waals surface area contributed by atoms with Gasteiger partial charge in [-0.2, -0.15) is 0 Å². The smallest absolute Gasteiger partial charge is 0.0931 e. The van der Waals surface area contributed by atoms with Crippen molar-refractivity contribution in [2.75, 3.05) is 26.8 Å². The minimum Gasteiger partial charge on any atom is -0.383 e. The number of thiophene rings is 1. The monoisotopic (exact) mass is 289 g/mol. The molecule has 0 fully saturated rings. The van der Waals surface area contributed by atoms with E-state index in [1.165, 1.54) is 17.7 Å². The second-order valence-corrected chi connectivity index (χ2v) is 7.16. The first-order valence-corrected chi connectivity index (χ1v) is 7.67. The maximum absolute atomic E-state index is 5.94. The van der Waals surface area contributed by atoms with E-state index in [-0.39, 0.29) is 0 Å². The summed E-state index contributed by atoms with van der Waals surface area (Å²) in [7, 11) is 1.73. The quantitative estimate of drug-likeness (QED) is 0.694. The second-order valence-electron chi connectivity index (χ2n) is 5.36. The van der Waals surface area contributed by atoms with Gasteiger partial charge in [0.15, 0.2) is 0 Å². The topological polar surface area (TPSA) is 21.3 Å². The molecule has 0 spiro atoms. The Morgan fingerprint density at radius 1 is 1.28 bits per heavy atom. The van der Waals surface area contributed by atoms with Crippen molar-refractivity contribution < 1.29 is 4.74 Å². The Morgan fingerprint density at radius 3 is 2.67 bits per heavy atom. The van der Waals surface area contributed by atoms with E-state index in [2.05, 4.69) is 25.2 Å². The fraction of sp³-hybridized carbons (Fsp3) is 0.714. The molecule has 1 heterocycles. The number of halogens is 1. The summed E-state index contributed by atoms with van der Waals surface area (Å²) >= 11 is 7.64. The minimum absolute atomic E-state index is 0.372. The second kappa shape index (κ2) is 8.16. The highest BCUT2D eigenvalue weighted by molar-refractivity contribution is 7.16. The summed E-state index contributed by atoms with van der Waals surface area (Å²) < 4.78 is 5.90. The Kier molecular flexibility index (Phi) is 7.23. The highest BCUT2D eigenvalue weighted by Gasteiger charge is 2.17. The lowest BCUT2D eigenvalue weighted by atomic mass is 9.84. The van der Waals surface area contributed by atoms with Gasteiger partial charge in [-0.25, -0.2) is 0 Å². The van der Waals surface area contributed by atoms with Crippen molar-refractivity contribution in [1.29, 1.82) is 0 Å². The largest absolute Gasteiger partial charge is 0.383 e. The highest BCUT2D eigenvalue weighted by atomic mass is 35.5. The SMILES string of the molecule is COCCNCCC(C)(C)CCc1ccc(Cl)s1. The first-order valence-electron chi connectivity index (χ1n) is 6.47. The molecule has 0 aliphatic rings. The van der Waals surface area contributed by atoms with E-state index in [4.69, 9.17) is 16.3 Å². The molecule has 1 aromatic rings. The molecule has 2 nitrogen and oxygen atoms in total. The van der Waals surface area contributed by atoms with Gasteiger partial charge in [-0.1, -0.05) is 25.4 Å². The van der Waals surface area contributed by atoms with Gasteiger partial charge in [0.05, 0.1) is 10.9 Å². The number of rotatable bonds is 9. The average Bonchev–Trinajstić information content (AvgIpc) is 2.73. The van der Waals surface area contributed by atoms with Crippen LogP contribution in [0.25, 0.3) is 0 Å². The van der Waals surface area contributed by atoms with Crippen LogP contribution in [0.2, 0.25) is 4.34 Å². The molecule has 0 aliphatic heterocycles. The van der Waals surface area contributed by atoms with E-state index in [1.807, 2.05) is 6.07 Å². The summed E-state index contributed by atoms with van der Waals surface area (Å²) in [4.78, 5) is 1.39. The molecule has 0 bridgehead atoms. The Bertz CT molecular complexity index is 338. The molecule has 0 saturated heterocycles. The zero-order valence-corrected chi connectivity index (χ0v) is 13.2. The normalized spacial score (nSPS) is 12.0. The summed E-state index contributed by atoms with van der Waals surface area (Å²) in [6.07, 6.45) is 3.52. The third-order valence-electron chi connectivity index (χ3n) is 3.14. The van der Waals surface area contributed by atoms with E-state index in [9.17, 15) is 0 Å². The maximum Gasteiger partial charge on any atom is 0.0931 e. The van der Waals surface area contributed by atoms with Crippen LogP contribution in [0.1, 0.15) is 31.6 Å². The van der Waals surface area contributed by atoms with Crippen LogP contribution < -0.4 is 5.32 Å². The van der Waals surface area contributed by atoms with Crippen LogP contribution in [0.15, 0.2) is 12.1 Å². The Morgan fingerprint density at radius 2 is 2.06 bits per heavy atom. The molecular formula is C14H24ClNOS. The Labute approximate surface area is 120 Å². The van der Waals surface area contributed by atoms with Gasteiger partial charge in [0.25, 0.3) is 0 Å². The van der Waals surface area contributed by atoms with Gasteiger partial charge < -0.3 is 10.1 Å². The van der Waals surface area contributed by atoms with Crippen LogP contribution in [-0.4, -0.2) is 26.8 Å². The van der Waals surface area contributed by atoms with E-state index in [1.54, 1.807) is 18.4 Å². The van der Waals surface area contributed by atoms with Crippen molar-refractivity contribution in [2.45, 2.75) is 33.1 Å².